The Balaban J connectivity index is 1.83. The molecular formula is C20H16N2O4. The van der Waals surface area contributed by atoms with Crippen LogP contribution in [0.3, 0.4) is 0 Å². The number of benzene rings is 2. The largest absolute Gasteiger partial charge is 0.495 e. The van der Waals surface area contributed by atoms with Crippen LogP contribution in [-0.2, 0) is 0 Å². The van der Waals surface area contributed by atoms with Gasteiger partial charge in [0, 0.05) is 5.56 Å². The van der Waals surface area contributed by atoms with Crippen molar-refractivity contribution in [1.29, 1.82) is 5.26 Å². The third-order valence-corrected chi connectivity index (χ3v) is 3.86. The zero-order valence-electron chi connectivity index (χ0n) is 14.0. The molecule has 0 bridgehead atoms. The Morgan fingerprint density at radius 2 is 1.88 bits per heavy atom. The molecule has 0 saturated carbocycles. The van der Waals surface area contributed by atoms with E-state index < -0.39 is 12.0 Å². The predicted octanol–water partition coefficient (Wildman–Crippen LogP) is 4.33. The van der Waals surface area contributed by atoms with E-state index in [9.17, 15) is 10.1 Å². The van der Waals surface area contributed by atoms with E-state index in [1.165, 1.54) is 12.1 Å². The quantitative estimate of drug-likeness (QED) is 0.688. The fraction of sp³-hybridized carbons (Fsp3) is 0.100. The molecule has 1 unspecified atom stereocenters. The van der Waals surface area contributed by atoms with Crippen molar-refractivity contribution in [2.45, 2.75) is 6.04 Å². The van der Waals surface area contributed by atoms with Gasteiger partial charge >= 0.3 is 5.97 Å². The molecule has 2 aromatic carbocycles. The molecule has 130 valence electrons. The first-order valence-electron chi connectivity index (χ1n) is 7.85. The van der Waals surface area contributed by atoms with Gasteiger partial charge < -0.3 is 19.6 Å². The molecule has 26 heavy (non-hydrogen) atoms. The first-order chi connectivity index (χ1) is 12.6. The van der Waals surface area contributed by atoms with Crippen molar-refractivity contribution < 1.29 is 19.1 Å². The summed E-state index contributed by atoms with van der Waals surface area (Å²) in [6.07, 6.45) is 0. The highest BCUT2D eigenvalue weighted by Crippen LogP contribution is 2.30. The number of furan rings is 1. The van der Waals surface area contributed by atoms with Gasteiger partial charge in [0.2, 0.25) is 0 Å². The maximum Gasteiger partial charge on any atom is 0.335 e. The number of carboxylic acids is 1. The molecule has 6 nitrogen and oxygen atoms in total. The molecule has 6 heteroatoms. The Bertz CT molecular complexity index is 954. The fourth-order valence-corrected chi connectivity index (χ4v) is 2.53. The summed E-state index contributed by atoms with van der Waals surface area (Å²) in [6.45, 7) is 0. The Kier molecular flexibility index (Phi) is 4.90. The van der Waals surface area contributed by atoms with Gasteiger partial charge in [-0.25, -0.2) is 4.79 Å². The van der Waals surface area contributed by atoms with Crippen LogP contribution >= 0.6 is 0 Å². The lowest BCUT2D eigenvalue weighted by molar-refractivity contribution is 0.0697. The molecule has 1 atom stereocenters. The number of hydrogen-bond acceptors (Lipinski definition) is 5. The zero-order chi connectivity index (χ0) is 18.5. The van der Waals surface area contributed by atoms with Gasteiger partial charge in [0.15, 0.2) is 6.04 Å². The summed E-state index contributed by atoms with van der Waals surface area (Å²) < 4.78 is 11.1. The van der Waals surface area contributed by atoms with Crippen LogP contribution in [0.15, 0.2) is 65.1 Å². The van der Waals surface area contributed by atoms with E-state index in [0.717, 1.165) is 5.56 Å². The molecule has 0 aliphatic carbocycles. The molecule has 0 spiro atoms. The van der Waals surface area contributed by atoms with E-state index in [2.05, 4.69) is 11.4 Å². The molecule has 2 N–H and O–H groups in total. The van der Waals surface area contributed by atoms with Crippen LogP contribution in [-0.4, -0.2) is 18.2 Å². The van der Waals surface area contributed by atoms with Crippen molar-refractivity contribution in [2.24, 2.45) is 0 Å². The molecule has 0 aliphatic heterocycles. The number of nitrogens with one attached hydrogen (secondary N) is 1. The number of methoxy groups -OCH3 is 1. The Morgan fingerprint density at radius 3 is 2.54 bits per heavy atom. The summed E-state index contributed by atoms with van der Waals surface area (Å²) >= 11 is 0. The highest BCUT2D eigenvalue weighted by atomic mass is 16.5. The summed E-state index contributed by atoms with van der Waals surface area (Å²) in [4.78, 5) is 10.9. The van der Waals surface area contributed by atoms with Gasteiger partial charge in [-0.15, -0.1) is 0 Å². The van der Waals surface area contributed by atoms with Crippen molar-refractivity contribution in [2.75, 3.05) is 12.4 Å². The van der Waals surface area contributed by atoms with Gasteiger partial charge in [0.05, 0.1) is 24.4 Å². The van der Waals surface area contributed by atoms with E-state index in [1.54, 1.807) is 37.4 Å². The van der Waals surface area contributed by atoms with E-state index in [4.69, 9.17) is 14.3 Å². The summed E-state index contributed by atoms with van der Waals surface area (Å²) in [7, 11) is 1.56. The number of hydrogen-bond donors (Lipinski definition) is 2. The topological polar surface area (TPSA) is 95.5 Å². The van der Waals surface area contributed by atoms with Crippen LogP contribution in [0.4, 0.5) is 5.69 Å². The highest BCUT2D eigenvalue weighted by molar-refractivity contribution is 5.88. The van der Waals surface area contributed by atoms with E-state index in [-0.39, 0.29) is 5.56 Å². The first-order valence-corrected chi connectivity index (χ1v) is 7.85. The average Bonchev–Trinajstić information content (AvgIpc) is 3.16. The maximum atomic E-state index is 10.9. The molecular weight excluding hydrogens is 332 g/mol. The lowest BCUT2D eigenvalue weighted by Crippen LogP contribution is -2.08. The molecule has 3 aromatic rings. The maximum absolute atomic E-state index is 10.9. The second-order valence-electron chi connectivity index (χ2n) is 5.49. The number of para-hydroxylation sites is 2. The van der Waals surface area contributed by atoms with Crippen molar-refractivity contribution in [1.82, 2.24) is 0 Å². The van der Waals surface area contributed by atoms with Gasteiger partial charge in [0.1, 0.15) is 17.3 Å². The molecule has 1 heterocycles. The minimum Gasteiger partial charge on any atom is -0.495 e. The summed E-state index contributed by atoms with van der Waals surface area (Å²) in [5.41, 5.74) is 1.62. The number of aromatic carboxylic acids is 1. The molecule has 0 aliphatic rings. The van der Waals surface area contributed by atoms with E-state index >= 15 is 0 Å². The zero-order valence-corrected chi connectivity index (χ0v) is 14.0. The van der Waals surface area contributed by atoms with Gasteiger partial charge in [-0.1, -0.05) is 24.3 Å². The predicted molar refractivity (Wildman–Crippen MR) is 96.1 cm³/mol. The third-order valence-electron chi connectivity index (χ3n) is 3.86. The number of nitrogens with zero attached hydrogens (tertiary/aromatic N) is 1. The van der Waals surface area contributed by atoms with Gasteiger partial charge in [-0.2, -0.15) is 5.26 Å². The minimum atomic E-state index is -0.984. The van der Waals surface area contributed by atoms with Crippen LogP contribution in [0.1, 0.15) is 22.2 Å². The molecule has 1 aromatic heterocycles. The van der Waals surface area contributed by atoms with Crippen LogP contribution in [0.5, 0.6) is 5.75 Å². The van der Waals surface area contributed by atoms with Crippen molar-refractivity contribution in [3.05, 3.63) is 72.0 Å². The number of anilines is 1. The Labute approximate surface area is 150 Å². The summed E-state index contributed by atoms with van der Waals surface area (Å²) in [6, 6.07) is 18.6. The SMILES string of the molecule is COc1ccccc1NC(C#N)c1ccc(-c2ccc(C(=O)O)cc2)o1. The van der Waals surface area contributed by atoms with Crippen LogP contribution in [0.2, 0.25) is 0 Å². The number of ether oxygens (including phenoxy) is 1. The van der Waals surface area contributed by atoms with E-state index in [1.807, 2.05) is 18.2 Å². The average molecular weight is 348 g/mol. The normalized spacial score (nSPS) is 11.4. The van der Waals surface area contributed by atoms with Gasteiger partial charge in [-0.3, -0.25) is 0 Å². The minimum absolute atomic E-state index is 0.202. The summed E-state index contributed by atoms with van der Waals surface area (Å²) in [5, 5.41) is 21.6. The summed E-state index contributed by atoms with van der Waals surface area (Å²) in [5.74, 6) is 0.653. The Morgan fingerprint density at radius 1 is 1.15 bits per heavy atom. The Hall–Kier alpha value is -3.72. The number of nitriles is 1. The fourth-order valence-electron chi connectivity index (χ4n) is 2.53. The molecule has 3 rings (SSSR count). The molecule has 0 fully saturated rings. The smallest absolute Gasteiger partial charge is 0.335 e. The molecule has 0 radical (unpaired) electrons. The number of rotatable bonds is 6. The molecule has 0 amide bonds. The van der Waals surface area contributed by atoms with Gasteiger partial charge in [0.25, 0.3) is 0 Å². The van der Waals surface area contributed by atoms with Crippen LogP contribution in [0.25, 0.3) is 11.3 Å². The van der Waals surface area contributed by atoms with E-state index in [0.29, 0.717) is 23.0 Å². The van der Waals surface area contributed by atoms with Gasteiger partial charge in [-0.05, 0) is 36.4 Å². The number of carbonyl (C=O) groups is 1. The van der Waals surface area contributed by atoms with Crippen molar-refractivity contribution in [3.63, 3.8) is 0 Å². The number of carboxylic acid groups (broad SMARTS) is 1. The molecule has 0 saturated heterocycles. The monoisotopic (exact) mass is 348 g/mol. The second-order valence-corrected chi connectivity index (χ2v) is 5.49. The first kappa shape index (κ1) is 17.1. The van der Waals surface area contributed by atoms with Crippen LogP contribution < -0.4 is 10.1 Å². The lowest BCUT2D eigenvalue weighted by atomic mass is 10.1. The third kappa shape index (κ3) is 3.52. The van der Waals surface area contributed by atoms with Crippen molar-refractivity contribution in [3.8, 4) is 23.1 Å². The highest BCUT2D eigenvalue weighted by Gasteiger charge is 2.17. The standard InChI is InChI=1S/C20H16N2O4/c1-25-18-5-3-2-4-15(18)22-16(12-21)19-11-10-17(26-19)13-6-8-14(9-7-13)20(23)24/h2-11,16,22H,1H3,(H,23,24). The lowest BCUT2D eigenvalue weighted by Gasteiger charge is -2.13. The van der Waals surface area contributed by atoms with Crippen LogP contribution in [0, 0.1) is 11.3 Å². The second kappa shape index (κ2) is 7.45. The van der Waals surface area contributed by atoms with Crippen molar-refractivity contribution >= 4 is 11.7 Å².